The SMILES string of the molecule is C=CC(=O)OCc1ccc(C(F)(F)Oc2ccc(OC(F)(F)c3ccc(COC(=O)C=C)cc3)c3ccccc23)cc1. The maximum atomic E-state index is 15.1. The molecule has 0 amide bonds. The van der Waals surface area contributed by atoms with E-state index in [1.165, 1.54) is 36.4 Å². The van der Waals surface area contributed by atoms with Crippen LogP contribution in [0.15, 0.2) is 110 Å². The van der Waals surface area contributed by atoms with E-state index in [1.807, 2.05) is 0 Å². The predicted molar refractivity (Wildman–Crippen MR) is 146 cm³/mol. The van der Waals surface area contributed by atoms with Gasteiger partial charge in [-0.1, -0.05) is 61.7 Å². The van der Waals surface area contributed by atoms with Crippen molar-refractivity contribution >= 4 is 22.7 Å². The molecule has 0 spiro atoms. The standard InChI is InChI=1S/C32H24F4O6/c1-3-29(37)39-19-21-9-13-23(14-10-21)31(33,34)41-27-17-18-28(26-8-6-5-7-25(26)27)42-32(35,36)24-15-11-22(12-16-24)20-40-30(38)4-2/h3-18H,1-2,19-20H2. The first-order valence-electron chi connectivity index (χ1n) is 12.4. The number of hydrogen-bond donors (Lipinski definition) is 0. The molecule has 216 valence electrons. The van der Waals surface area contributed by atoms with Crippen LogP contribution in [0.3, 0.4) is 0 Å². The summed E-state index contributed by atoms with van der Waals surface area (Å²) >= 11 is 0. The van der Waals surface area contributed by atoms with Crippen molar-refractivity contribution in [1.82, 2.24) is 0 Å². The number of hydrogen-bond acceptors (Lipinski definition) is 6. The summed E-state index contributed by atoms with van der Waals surface area (Å²) in [5.74, 6) is -1.81. The molecule has 4 aromatic rings. The summed E-state index contributed by atoms with van der Waals surface area (Å²) in [5.41, 5.74) is 0.00619. The largest absolute Gasteiger partial charge is 0.458 e. The minimum atomic E-state index is -3.78. The number of benzene rings is 4. The van der Waals surface area contributed by atoms with E-state index in [-0.39, 0.29) is 35.5 Å². The van der Waals surface area contributed by atoms with E-state index in [0.29, 0.717) is 11.1 Å². The van der Waals surface area contributed by atoms with Gasteiger partial charge in [0.1, 0.15) is 24.7 Å². The van der Waals surface area contributed by atoms with Crippen molar-refractivity contribution in [3.05, 3.63) is 132 Å². The summed E-state index contributed by atoms with van der Waals surface area (Å²) in [6.45, 7) is 6.32. The Balaban J connectivity index is 1.52. The topological polar surface area (TPSA) is 71.1 Å². The number of esters is 2. The van der Waals surface area contributed by atoms with Crippen LogP contribution < -0.4 is 9.47 Å². The Bertz CT molecular complexity index is 1480. The molecule has 6 nitrogen and oxygen atoms in total. The first kappa shape index (κ1) is 29.9. The average molecular weight is 581 g/mol. The van der Waals surface area contributed by atoms with Crippen molar-refractivity contribution in [2.75, 3.05) is 0 Å². The van der Waals surface area contributed by atoms with Crippen molar-refractivity contribution in [2.45, 2.75) is 25.4 Å². The molecule has 0 aliphatic rings. The molecular formula is C32H24F4O6. The second-order valence-electron chi connectivity index (χ2n) is 8.86. The van der Waals surface area contributed by atoms with Gasteiger partial charge in [-0.2, -0.15) is 17.6 Å². The fourth-order valence-corrected chi connectivity index (χ4v) is 3.83. The molecule has 0 fully saturated rings. The molecule has 0 N–H and O–H groups in total. The maximum absolute atomic E-state index is 15.1. The quantitative estimate of drug-likeness (QED) is 0.0979. The van der Waals surface area contributed by atoms with Crippen LogP contribution in [0.1, 0.15) is 22.3 Å². The molecule has 0 aliphatic heterocycles. The maximum Gasteiger partial charge on any atom is 0.426 e. The Kier molecular flexibility index (Phi) is 8.95. The van der Waals surface area contributed by atoms with E-state index in [9.17, 15) is 9.59 Å². The van der Waals surface area contributed by atoms with E-state index in [4.69, 9.17) is 18.9 Å². The van der Waals surface area contributed by atoms with Crippen molar-refractivity contribution in [1.29, 1.82) is 0 Å². The van der Waals surface area contributed by atoms with Gasteiger partial charge in [0.05, 0.1) is 11.1 Å². The van der Waals surface area contributed by atoms with Crippen molar-refractivity contribution in [3.8, 4) is 11.5 Å². The Morgan fingerprint density at radius 3 is 1.29 bits per heavy atom. The number of rotatable bonds is 12. The van der Waals surface area contributed by atoms with Crippen LogP contribution in [0.4, 0.5) is 17.6 Å². The van der Waals surface area contributed by atoms with E-state index in [2.05, 4.69) is 13.2 Å². The molecule has 0 radical (unpaired) electrons. The summed E-state index contributed by atoms with van der Waals surface area (Å²) in [4.78, 5) is 22.4. The molecular weight excluding hydrogens is 556 g/mol. The van der Waals surface area contributed by atoms with Gasteiger partial charge in [0, 0.05) is 22.9 Å². The Labute approximate surface area is 238 Å². The highest BCUT2D eigenvalue weighted by Crippen LogP contribution is 2.41. The lowest BCUT2D eigenvalue weighted by molar-refractivity contribution is -0.186. The smallest absolute Gasteiger partial charge is 0.426 e. The normalized spacial score (nSPS) is 11.4. The number of alkyl halides is 4. The van der Waals surface area contributed by atoms with Crippen molar-refractivity contribution in [2.24, 2.45) is 0 Å². The highest BCUT2D eigenvalue weighted by Gasteiger charge is 2.37. The van der Waals surface area contributed by atoms with Gasteiger partial charge in [-0.05, 0) is 47.5 Å². The molecule has 4 rings (SSSR count). The Hall–Kier alpha value is -5.12. The average Bonchev–Trinajstić information content (AvgIpc) is 3.00. The zero-order valence-corrected chi connectivity index (χ0v) is 22.0. The first-order chi connectivity index (χ1) is 20.0. The molecule has 0 unspecified atom stereocenters. The van der Waals surface area contributed by atoms with E-state index < -0.39 is 35.3 Å². The zero-order valence-electron chi connectivity index (χ0n) is 22.0. The van der Waals surface area contributed by atoms with Gasteiger partial charge in [0.15, 0.2) is 0 Å². The molecule has 0 bridgehead atoms. The molecule has 42 heavy (non-hydrogen) atoms. The van der Waals surface area contributed by atoms with Gasteiger partial charge in [-0.3, -0.25) is 0 Å². The van der Waals surface area contributed by atoms with Gasteiger partial charge in [-0.15, -0.1) is 0 Å². The number of fused-ring (bicyclic) bond motifs is 1. The summed E-state index contributed by atoms with van der Waals surface area (Å²) < 4.78 is 80.4. The van der Waals surface area contributed by atoms with Crippen LogP contribution in [-0.2, 0) is 44.5 Å². The molecule has 4 aromatic carbocycles. The second-order valence-corrected chi connectivity index (χ2v) is 8.86. The van der Waals surface area contributed by atoms with Crippen molar-refractivity contribution in [3.63, 3.8) is 0 Å². The highest BCUT2D eigenvalue weighted by molar-refractivity contribution is 5.93. The molecule has 0 heterocycles. The molecule has 0 saturated carbocycles. The van der Waals surface area contributed by atoms with Gasteiger partial charge in [0.2, 0.25) is 0 Å². The summed E-state index contributed by atoms with van der Waals surface area (Å²) in [6, 6.07) is 18.2. The minimum absolute atomic E-state index is 0.121. The minimum Gasteiger partial charge on any atom is -0.458 e. The Morgan fingerprint density at radius 2 is 0.952 bits per heavy atom. The first-order valence-corrected chi connectivity index (χ1v) is 12.4. The lowest BCUT2D eigenvalue weighted by Crippen LogP contribution is -2.23. The number of halogens is 4. The third kappa shape index (κ3) is 7.14. The van der Waals surface area contributed by atoms with Gasteiger partial charge in [-0.25, -0.2) is 9.59 Å². The van der Waals surface area contributed by atoms with Crippen LogP contribution in [-0.4, -0.2) is 11.9 Å². The summed E-state index contributed by atoms with van der Waals surface area (Å²) in [6.07, 6.45) is -5.59. The zero-order chi connectivity index (χ0) is 30.3. The monoisotopic (exact) mass is 580 g/mol. The lowest BCUT2D eigenvalue weighted by Gasteiger charge is -2.22. The lowest BCUT2D eigenvalue weighted by atomic mass is 10.1. The third-order valence-electron chi connectivity index (χ3n) is 6.00. The third-order valence-corrected chi connectivity index (χ3v) is 6.00. The number of ether oxygens (including phenoxy) is 4. The summed E-state index contributed by atoms with van der Waals surface area (Å²) in [5, 5.41) is 0.246. The van der Waals surface area contributed by atoms with E-state index in [1.54, 1.807) is 12.1 Å². The van der Waals surface area contributed by atoms with Crippen LogP contribution >= 0.6 is 0 Å². The van der Waals surface area contributed by atoms with Crippen LogP contribution in [0.2, 0.25) is 0 Å². The Morgan fingerprint density at radius 1 is 0.595 bits per heavy atom. The van der Waals surface area contributed by atoms with Gasteiger partial charge >= 0.3 is 24.2 Å². The van der Waals surface area contributed by atoms with Gasteiger partial charge < -0.3 is 18.9 Å². The van der Waals surface area contributed by atoms with Gasteiger partial charge in [0.25, 0.3) is 0 Å². The van der Waals surface area contributed by atoms with Crippen LogP contribution in [0, 0.1) is 0 Å². The fraction of sp³-hybridized carbons (Fsp3) is 0.125. The predicted octanol–water partition coefficient (Wildman–Crippen LogP) is 7.55. The van der Waals surface area contributed by atoms with Crippen LogP contribution in [0.5, 0.6) is 11.5 Å². The van der Waals surface area contributed by atoms with Crippen molar-refractivity contribution < 1.29 is 46.1 Å². The van der Waals surface area contributed by atoms with E-state index >= 15 is 17.6 Å². The molecule has 0 aliphatic carbocycles. The molecule has 10 heteroatoms. The highest BCUT2D eigenvalue weighted by atomic mass is 19.3. The molecule has 0 saturated heterocycles. The molecule has 0 atom stereocenters. The second kappa shape index (κ2) is 12.6. The fourth-order valence-electron chi connectivity index (χ4n) is 3.83. The van der Waals surface area contributed by atoms with Crippen LogP contribution in [0.25, 0.3) is 10.8 Å². The number of carbonyl (C=O) groups is 2. The number of carbonyl (C=O) groups excluding carboxylic acids is 2. The summed E-state index contributed by atoms with van der Waals surface area (Å²) in [7, 11) is 0. The van der Waals surface area contributed by atoms with E-state index in [0.717, 1.165) is 48.6 Å². The molecule has 0 aromatic heterocycles.